The molecule has 4 nitrogen and oxygen atoms in total. The Labute approximate surface area is 86.9 Å². The first kappa shape index (κ1) is 9.71. The molecule has 0 fully saturated rings. The van der Waals surface area contributed by atoms with Gasteiger partial charge in [-0.05, 0) is 19.1 Å². The van der Waals surface area contributed by atoms with Crippen LogP contribution in [0.15, 0.2) is 22.6 Å². The minimum atomic E-state index is -0.186. The number of ether oxygens (including phenoxy) is 1. The molecule has 0 bridgehead atoms. The number of benzene rings is 1. The van der Waals surface area contributed by atoms with E-state index in [0.29, 0.717) is 23.5 Å². The quantitative estimate of drug-likeness (QED) is 0.722. The number of carbonyl (C=O) groups is 1. The number of hydrogen-bond acceptors (Lipinski definition) is 4. The highest BCUT2D eigenvalue weighted by Gasteiger charge is 2.12. The predicted octanol–water partition coefficient (Wildman–Crippen LogP) is 2.43. The first-order chi connectivity index (χ1) is 7.22. The zero-order valence-electron chi connectivity index (χ0n) is 8.61. The Hall–Kier alpha value is -1.84. The third-order valence-electron chi connectivity index (χ3n) is 1.98. The van der Waals surface area contributed by atoms with E-state index in [0.717, 1.165) is 0 Å². The van der Waals surface area contributed by atoms with Gasteiger partial charge in [0, 0.05) is 6.92 Å². The molecule has 1 aromatic heterocycles. The Morgan fingerprint density at radius 2 is 2.33 bits per heavy atom. The zero-order chi connectivity index (χ0) is 10.8. The summed E-state index contributed by atoms with van der Waals surface area (Å²) in [7, 11) is 0. The number of Topliss-reactive ketones (excluding diaryl/α,β-unsaturated/α-hetero) is 1. The van der Waals surface area contributed by atoms with Crippen LogP contribution in [-0.4, -0.2) is 17.4 Å². The highest BCUT2D eigenvalue weighted by molar-refractivity contribution is 5.93. The molecule has 0 radical (unpaired) electrons. The van der Waals surface area contributed by atoms with E-state index >= 15 is 0 Å². The molecule has 0 unspecified atom stereocenters. The fourth-order valence-electron chi connectivity index (χ4n) is 1.34. The second-order valence-corrected chi connectivity index (χ2v) is 3.11. The van der Waals surface area contributed by atoms with E-state index in [9.17, 15) is 4.79 Å². The molecule has 0 aliphatic rings. The summed E-state index contributed by atoms with van der Waals surface area (Å²) in [6, 6.07) is 5.40. The zero-order valence-corrected chi connectivity index (χ0v) is 8.61. The van der Waals surface area contributed by atoms with E-state index < -0.39 is 0 Å². The first-order valence-electron chi connectivity index (χ1n) is 4.75. The van der Waals surface area contributed by atoms with Crippen molar-refractivity contribution >= 4 is 16.9 Å². The van der Waals surface area contributed by atoms with E-state index in [2.05, 4.69) is 4.98 Å². The smallest absolute Gasteiger partial charge is 0.264 e. The third kappa shape index (κ3) is 1.70. The van der Waals surface area contributed by atoms with Gasteiger partial charge in [0.25, 0.3) is 5.89 Å². The van der Waals surface area contributed by atoms with E-state index in [-0.39, 0.29) is 11.7 Å². The lowest BCUT2D eigenvalue weighted by Crippen LogP contribution is -1.91. The number of fused-ring (bicyclic) bond motifs is 1. The Bertz CT molecular complexity index is 502. The summed E-state index contributed by atoms with van der Waals surface area (Å²) in [5.41, 5.74) is 1.18. The van der Waals surface area contributed by atoms with Crippen LogP contribution in [-0.2, 0) is 0 Å². The average Bonchev–Trinajstić information content (AvgIpc) is 2.63. The van der Waals surface area contributed by atoms with Gasteiger partial charge in [-0.2, -0.15) is 0 Å². The number of hydrogen-bond donors (Lipinski definition) is 0. The van der Waals surface area contributed by atoms with Crippen molar-refractivity contribution in [1.82, 2.24) is 4.98 Å². The van der Waals surface area contributed by atoms with Crippen LogP contribution in [0.4, 0.5) is 0 Å². The van der Waals surface area contributed by atoms with Gasteiger partial charge >= 0.3 is 0 Å². The molecule has 2 rings (SSSR count). The molecule has 0 saturated heterocycles. The van der Waals surface area contributed by atoms with Gasteiger partial charge in [0.2, 0.25) is 5.78 Å². The van der Waals surface area contributed by atoms with Crippen LogP contribution in [0.2, 0.25) is 0 Å². The van der Waals surface area contributed by atoms with Gasteiger partial charge in [-0.3, -0.25) is 4.79 Å². The van der Waals surface area contributed by atoms with Crippen molar-refractivity contribution in [3.63, 3.8) is 0 Å². The fourth-order valence-corrected chi connectivity index (χ4v) is 1.34. The molecule has 78 valence electrons. The lowest BCUT2D eigenvalue weighted by atomic mass is 10.3. The maximum Gasteiger partial charge on any atom is 0.264 e. The molecule has 0 aliphatic carbocycles. The fraction of sp³-hybridized carbons (Fsp3) is 0.273. The molecule has 15 heavy (non-hydrogen) atoms. The molecule has 2 aromatic rings. The second-order valence-electron chi connectivity index (χ2n) is 3.11. The summed E-state index contributed by atoms with van der Waals surface area (Å²) < 4.78 is 10.7. The number of nitrogens with zero attached hydrogens (tertiary/aromatic N) is 1. The Kier molecular flexibility index (Phi) is 2.41. The second kappa shape index (κ2) is 3.73. The SMILES string of the molecule is CCOc1cccc2nc(C(C)=O)oc12. The van der Waals surface area contributed by atoms with Crippen LogP contribution in [0.25, 0.3) is 11.1 Å². The van der Waals surface area contributed by atoms with Crippen LogP contribution in [0, 0.1) is 0 Å². The lowest BCUT2D eigenvalue weighted by molar-refractivity contribution is 0.0982. The summed E-state index contributed by atoms with van der Waals surface area (Å²) in [6.45, 7) is 3.86. The van der Waals surface area contributed by atoms with E-state index in [4.69, 9.17) is 9.15 Å². The Balaban J connectivity index is 2.59. The molecule has 1 heterocycles. The van der Waals surface area contributed by atoms with E-state index in [1.165, 1.54) is 6.92 Å². The summed E-state index contributed by atoms with van der Waals surface area (Å²) in [5, 5.41) is 0. The van der Waals surface area contributed by atoms with Crippen LogP contribution in [0.3, 0.4) is 0 Å². The van der Waals surface area contributed by atoms with E-state index in [1.54, 1.807) is 12.1 Å². The van der Waals surface area contributed by atoms with Crippen molar-refractivity contribution in [2.45, 2.75) is 13.8 Å². The number of para-hydroxylation sites is 1. The standard InChI is InChI=1S/C11H11NO3/c1-3-14-9-6-4-5-8-10(9)15-11(12-8)7(2)13/h4-6H,3H2,1-2H3. The van der Waals surface area contributed by atoms with Crippen molar-refractivity contribution in [3.05, 3.63) is 24.1 Å². The van der Waals surface area contributed by atoms with Crippen LogP contribution < -0.4 is 4.74 Å². The summed E-state index contributed by atoms with van der Waals surface area (Å²) in [6.07, 6.45) is 0. The van der Waals surface area contributed by atoms with Crippen molar-refractivity contribution in [1.29, 1.82) is 0 Å². The minimum Gasteiger partial charge on any atom is -0.490 e. The molecular weight excluding hydrogens is 194 g/mol. The maximum atomic E-state index is 11.1. The average molecular weight is 205 g/mol. The molecule has 1 aromatic carbocycles. The Morgan fingerprint density at radius 3 is 3.00 bits per heavy atom. The normalized spacial score (nSPS) is 10.5. The largest absolute Gasteiger partial charge is 0.490 e. The minimum absolute atomic E-state index is 0.122. The third-order valence-corrected chi connectivity index (χ3v) is 1.98. The number of rotatable bonds is 3. The van der Waals surface area contributed by atoms with Gasteiger partial charge in [-0.25, -0.2) is 4.98 Å². The molecule has 0 N–H and O–H groups in total. The number of oxazole rings is 1. The highest BCUT2D eigenvalue weighted by Crippen LogP contribution is 2.26. The van der Waals surface area contributed by atoms with Gasteiger partial charge in [0.15, 0.2) is 11.3 Å². The molecular formula is C11H11NO3. The molecule has 0 spiro atoms. The van der Waals surface area contributed by atoms with Gasteiger partial charge in [-0.1, -0.05) is 6.07 Å². The summed E-state index contributed by atoms with van der Waals surface area (Å²) in [5.74, 6) is 0.556. The van der Waals surface area contributed by atoms with Gasteiger partial charge in [0.1, 0.15) is 5.52 Å². The number of ketones is 1. The highest BCUT2D eigenvalue weighted by atomic mass is 16.5. The molecule has 0 saturated carbocycles. The molecule has 0 amide bonds. The molecule has 0 aliphatic heterocycles. The maximum absolute atomic E-state index is 11.1. The summed E-state index contributed by atoms with van der Waals surface area (Å²) in [4.78, 5) is 15.1. The van der Waals surface area contributed by atoms with E-state index in [1.807, 2.05) is 13.0 Å². The topological polar surface area (TPSA) is 52.3 Å². The summed E-state index contributed by atoms with van der Waals surface area (Å²) >= 11 is 0. The van der Waals surface area contributed by atoms with Crippen molar-refractivity contribution in [2.75, 3.05) is 6.61 Å². The lowest BCUT2D eigenvalue weighted by Gasteiger charge is -2.01. The van der Waals surface area contributed by atoms with Crippen molar-refractivity contribution in [3.8, 4) is 5.75 Å². The van der Waals surface area contributed by atoms with Crippen LogP contribution >= 0.6 is 0 Å². The predicted molar refractivity (Wildman–Crippen MR) is 55.2 cm³/mol. The molecule has 0 atom stereocenters. The van der Waals surface area contributed by atoms with Gasteiger partial charge < -0.3 is 9.15 Å². The van der Waals surface area contributed by atoms with Crippen LogP contribution in [0.5, 0.6) is 5.75 Å². The first-order valence-corrected chi connectivity index (χ1v) is 4.75. The monoisotopic (exact) mass is 205 g/mol. The van der Waals surface area contributed by atoms with Crippen molar-refractivity contribution in [2.24, 2.45) is 0 Å². The van der Waals surface area contributed by atoms with Gasteiger partial charge in [0.05, 0.1) is 6.61 Å². The number of aromatic nitrogens is 1. The Morgan fingerprint density at radius 1 is 1.53 bits per heavy atom. The van der Waals surface area contributed by atoms with Gasteiger partial charge in [-0.15, -0.1) is 0 Å². The molecule has 4 heteroatoms. The van der Waals surface area contributed by atoms with Crippen molar-refractivity contribution < 1.29 is 13.9 Å². The van der Waals surface area contributed by atoms with Crippen LogP contribution in [0.1, 0.15) is 24.5 Å². The number of carbonyl (C=O) groups excluding carboxylic acids is 1.